The number of rotatable bonds is 2. The summed E-state index contributed by atoms with van der Waals surface area (Å²) in [5.41, 5.74) is 2.07. The molecule has 1 N–H and O–H groups in total. The number of hydrogen-bond acceptors (Lipinski definition) is 3. The summed E-state index contributed by atoms with van der Waals surface area (Å²) in [5.74, 6) is 0. The largest absolute Gasteiger partial charge is 0.280 e. The van der Waals surface area contributed by atoms with E-state index in [2.05, 4.69) is 9.82 Å². The fraction of sp³-hybridized carbons (Fsp3) is 0.571. The second-order valence-electron chi connectivity index (χ2n) is 3.04. The lowest BCUT2D eigenvalue weighted by Crippen LogP contribution is -2.10. The highest BCUT2D eigenvalue weighted by atomic mass is 32.2. The first kappa shape index (κ1) is 10.0. The van der Waals surface area contributed by atoms with Gasteiger partial charge in [-0.25, -0.2) is 8.42 Å². The predicted octanol–water partition coefficient (Wildman–Crippen LogP) is 0.408. The third-order valence-corrected chi connectivity index (χ3v) is 2.37. The Hall–Kier alpha value is -1.04. The predicted molar refractivity (Wildman–Crippen MR) is 51.1 cm³/mol. The molecule has 1 heterocycles. The van der Waals surface area contributed by atoms with Gasteiger partial charge in [-0.05, 0) is 13.8 Å². The summed E-state index contributed by atoms with van der Waals surface area (Å²) in [7, 11) is -1.44. The van der Waals surface area contributed by atoms with Crippen LogP contribution in [-0.2, 0) is 17.1 Å². The summed E-state index contributed by atoms with van der Waals surface area (Å²) < 4.78 is 26.0. The van der Waals surface area contributed by atoms with Gasteiger partial charge in [0.15, 0.2) is 0 Å². The van der Waals surface area contributed by atoms with Crippen LogP contribution in [0.15, 0.2) is 0 Å². The number of nitrogens with one attached hydrogen (secondary N) is 1. The van der Waals surface area contributed by atoms with Crippen molar-refractivity contribution < 1.29 is 8.42 Å². The van der Waals surface area contributed by atoms with Crippen LogP contribution in [0.3, 0.4) is 0 Å². The van der Waals surface area contributed by atoms with E-state index in [0.29, 0.717) is 11.4 Å². The van der Waals surface area contributed by atoms with Crippen LogP contribution in [0.25, 0.3) is 0 Å². The second-order valence-corrected chi connectivity index (χ2v) is 4.79. The molecule has 0 atom stereocenters. The molecule has 0 aliphatic heterocycles. The Balaban J connectivity index is 3.15. The monoisotopic (exact) mass is 203 g/mol. The normalized spacial score (nSPS) is 11.7. The van der Waals surface area contributed by atoms with Gasteiger partial charge in [0, 0.05) is 7.05 Å². The lowest BCUT2D eigenvalue weighted by atomic mass is 10.3. The van der Waals surface area contributed by atoms with E-state index in [4.69, 9.17) is 0 Å². The molecule has 0 aliphatic carbocycles. The van der Waals surface area contributed by atoms with Gasteiger partial charge < -0.3 is 0 Å². The molecule has 0 fully saturated rings. The standard InChI is InChI=1S/C7H13N3O2S/c1-5-7(9-13(4,11)12)6(2)10(3)8-5/h9H,1-4H3. The topological polar surface area (TPSA) is 64.0 Å². The van der Waals surface area contributed by atoms with E-state index in [1.807, 2.05) is 6.92 Å². The van der Waals surface area contributed by atoms with Crippen LogP contribution in [0.1, 0.15) is 11.4 Å². The number of nitrogens with zero attached hydrogens (tertiary/aromatic N) is 2. The molecule has 1 aromatic heterocycles. The first-order valence-corrected chi connectivity index (χ1v) is 5.68. The molecule has 0 amide bonds. The molecule has 5 nitrogen and oxygen atoms in total. The maximum atomic E-state index is 11.0. The van der Waals surface area contributed by atoms with Gasteiger partial charge in [0.05, 0.1) is 23.3 Å². The maximum Gasteiger partial charge on any atom is 0.229 e. The van der Waals surface area contributed by atoms with Crippen molar-refractivity contribution in [3.8, 4) is 0 Å². The third kappa shape index (κ3) is 2.21. The zero-order valence-electron chi connectivity index (χ0n) is 8.12. The van der Waals surface area contributed by atoms with Crippen LogP contribution < -0.4 is 4.72 Å². The number of sulfonamides is 1. The third-order valence-electron chi connectivity index (χ3n) is 1.80. The Morgan fingerprint density at radius 3 is 2.23 bits per heavy atom. The summed E-state index contributed by atoms with van der Waals surface area (Å²) in [4.78, 5) is 0. The molecular formula is C7H13N3O2S. The average Bonchev–Trinajstić information content (AvgIpc) is 2.14. The molecule has 0 aliphatic rings. The SMILES string of the molecule is Cc1nn(C)c(C)c1NS(C)(=O)=O. The summed E-state index contributed by atoms with van der Waals surface area (Å²) in [5, 5.41) is 4.08. The van der Waals surface area contributed by atoms with Crippen molar-refractivity contribution in [3.05, 3.63) is 11.4 Å². The number of hydrogen-bond donors (Lipinski definition) is 1. The molecule has 13 heavy (non-hydrogen) atoms. The van der Waals surface area contributed by atoms with Crippen molar-refractivity contribution in [3.63, 3.8) is 0 Å². The molecule has 6 heteroatoms. The van der Waals surface area contributed by atoms with E-state index in [-0.39, 0.29) is 0 Å². The van der Waals surface area contributed by atoms with Gasteiger partial charge in [-0.15, -0.1) is 0 Å². The van der Waals surface area contributed by atoms with Crippen molar-refractivity contribution in [1.29, 1.82) is 0 Å². The van der Waals surface area contributed by atoms with Crippen molar-refractivity contribution >= 4 is 15.7 Å². The van der Waals surface area contributed by atoms with E-state index in [1.165, 1.54) is 0 Å². The highest BCUT2D eigenvalue weighted by molar-refractivity contribution is 7.92. The highest BCUT2D eigenvalue weighted by Gasteiger charge is 2.12. The first-order valence-electron chi connectivity index (χ1n) is 3.79. The molecule has 0 aromatic carbocycles. The van der Waals surface area contributed by atoms with Gasteiger partial charge in [-0.3, -0.25) is 9.40 Å². The average molecular weight is 203 g/mol. The quantitative estimate of drug-likeness (QED) is 0.757. The van der Waals surface area contributed by atoms with Gasteiger partial charge in [-0.1, -0.05) is 0 Å². The van der Waals surface area contributed by atoms with Crippen LogP contribution in [0.2, 0.25) is 0 Å². The summed E-state index contributed by atoms with van der Waals surface area (Å²) in [6.07, 6.45) is 1.12. The van der Waals surface area contributed by atoms with E-state index < -0.39 is 10.0 Å². The Morgan fingerprint density at radius 1 is 1.38 bits per heavy atom. The van der Waals surface area contributed by atoms with Crippen molar-refractivity contribution in [2.24, 2.45) is 7.05 Å². The second kappa shape index (κ2) is 3.02. The van der Waals surface area contributed by atoms with Gasteiger partial charge in [0.1, 0.15) is 0 Å². The van der Waals surface area contributed by atoms with Crippen molar-refractivity contribution in [1.82, 2.24) is 9.78 Å². The summed E-state index contributed by atoms with van der Waals surface area (Å²) >= 11 is 0. The molecule has 74 valence electrons. The lowest BCUT2D eigenvalue weighted by molar-refractivity contribution is 0.606. The van der Waals surface area contributed by atoms with Crippen LogP contribution in [0.5, 0.6) is 0 Å². The summed E-state index contributed by atoms with van der Waals surface area (Å²) in [6.45, 7) is 3.58. The van der Waals surface area contributed by atoms with Crippen LogP contribution in [0.4, 0.5) is 5.69 Å². The highest BCUT2D eigenvalue weighted by Crippen LogP contribution is 2.18. The van der Waals surface area contributed by atoms with Gasteiger partial charge in [0.2, 0.25) is 10.0 Å². The minimum atomic E-state index is -3.21. The van der Waals surface area contributed by atoms with E-state index >= 15 is 0 Å². The van der Waals surface area contributed by atoms with Crippen LogP contribution in [-0.4, -0.2) is 24.5 Å². The number of aromatic nitrogens is 2. The fourth-order valence-corrected chi connectivity index (χ4v) is 1.77. The maximum absolute atomic E-state index is 11.0. The van der Waals surface area contributed by atoms with E-state index in [0.717, 1.165) is 11.9 Å². The lowest BCUT2D eigenvalue weighted by Gasteiger charge is -2.02. The molecule has 0 saturated carbocycles. The molecule has 0 saturated heterocycles. The molecule has 0 spiro atoms. The van der Waals surface area contributed by atoms with Crippen LogP contribution in [0, 0.1) is 13.8 Å². The van der Waals surface area contributed by atoms with Crippen LogP contribution >= 0.6 is 0 Å². The van der Waals surface area contributed by atoms with Gasteiger partial charge >= 0.3 is 0 Å². The Bertz CT molecular complexity index is 419. The molecule has 0 radical (unpaired) electrons. The summed E-state index contributed by atoms with van der Waals surface area (Å²) in [6, 6.07) is 0. The zero-order valence-corrected chi connectivity index (χ0v) is 8.94. The molecule has 1 aromatic rings. The zero-order chi connectivity index (χ0) is 10.2. The minimum Gasteiger partial charge on any atom is -0.280 e. The Labute approximate surface area is 77.8 Å². The molecule has 1 rings (SSSR count). The van der Waals surface area contributed by atoms with E-state index in [1.54, 1.807) is 18.7 Å². The molecule has 0 unspecified atom stereocenters. The molecular weight excluding hydrogens is 190 g/mol. The Morgan fingerprint density at radius 2 is 1.92 bits per heavy atom. The Kier molecular flexibility index (Phi) is 2.34. The number of anilines is 1. The van der Waals surface area contributed by atoms with E-state index in [9.17, 15) is 8.42 Å². The van der Waals surface area contributed by atoms with Crippen molar-refractivity contribution in [2.45, 2.75) is 13.8 Å². The fourth-order valence-electron chi connectivity index (χ4n) is 1.11. The molecule has 0 bridgehead atoms. The van der Waals surface area contributed by atoms with Crippen molar-refractivity contribution in [2.75, 3.05) is 11.0 Å². The van der Waals surface area contributed by atoms with Gasteiger partial charge in [-0.2, -0.15) is 5.10 Å². The van der Waals surface area contributed by atoms with Gasteiger partial charge in [0.25, 0.3) is 0 Å². The minimum absolute atomic E-state index is 0.574. The first-order chi connectivity index (χ1) is 5.81. The number of aryl methyl sites for hydroxylation is 2. The smallest absolute Gasteiger partial charge is 0.229 e.